The van der Waals surface area contributed by atoms with Gasteiger partial charge in [0.05, 0.1) is 9.92 Å². The number of primary sulfonamides is 1. The van der Waals surface area contributed by atoms with Crippen molar-refractivity contribution in [2.45, 2.75) is 46.9 Å². The second-order valence-corrected chi connectivity index (χ2v) is 14.4. The van der Waals surface area contributed by atoms with Crippen molar-refractivity contribution >= 4 is 60.6 Å². The number of amides is 1. The number of halogens is 1. The third kappa shape index (κ3) is 4.28. The van der Waals surface area contributed by atoms with Crippen molar-refractivity contribution in [1.82, 2.24) is 4.57 Å². The molecule has 3 N–H and O–H groups in total. The molecule has 5 unspecified atom stereocenters. The summed E-state index contributed by atoms with van der Waals surface area (Å²) < 4.78 is 25.6. The van der Waals surface area contributed by atoms with E-state index in [1.54, 1.807) is 16.3 Å². The Hall–Kier alpha value is -1.92. The highest BCUT2D eigenvalue weighted by Crippen LogP contribution is 2.64. The molecule has 2 heterocycles. The van der Waals surface area contributed by atoms with Crippen LogP contribution < -0.4 is 15.3 Å². The number of carbonyl (C=O) groups excluding carboxylic acids is 1. The molecule has 11 heteroatoms. The highest BCUT2D eigenvalue weighted by Gasteiger charge is 2.55. The Morgan fingerprint density at radius 1 is 1.14 bits per heavy atom. The quantitative estimate of drug-likeness (QED) is 0.441. The van der Waals surface area contributed by atoms with Crippen LogP contribution in [0.25, 0.3) is 0 Å². The van der Waals surface area contributed by atoms with Gasteiger partial charge in [-0.1, -0.05) is 39.4 Å². The Kier molecular flexibility index (Phi) is 6.19. The lowest BCUT2D eigenvalue weighted by molar-refractivity contribution is -0.116. The molecule has 3 aromatic rings. The molecule has 2 aliphatic carbocycles. The molecule has 5 atom stereocenters. The maximum absolute atomic E-state index is 13.2. The van der Waals surface area contributed by atoms with Crippen LogP contribution in [0.5, 0.6) is 0 Å². The fraction of sp³-hybridized carbons (Fsp3) is 0.360. The van der Waals surface area contributed by atoms with Gasteiger partial charge < -0.3 is 5.32 Å². The first-order chi connectivity index (χ1) is 17.2. The maximum atomic E-state index is 13.2. The maximum Gasteiger partial charge on any atom is 0.308 e. The first-order valence-electron chi connectivity index (χ1n) is 11.8. The Labute approximate surface area is 225 Å². The van der Waals surface area contributed by atoms with E-state index in [9.17, 15) is 18.0 Å². The molecular weight excluding hydrogens is 582 g/mol. The van der Waals surface area contributed by atoms with Gasteiger partial charge in [-0.15, -0.1) is 11.8 Å². The number of aromatic nitrogens is 1. The Balaban J connectivity index is 1.32. The van der Waals surface area contributed by atoms with Crippen LogP contribution >= 0.6 is 39.0 Å². The molecule has 2 saturated carbocycles. The number of hydrogen-bond acceptors (Lipinski definition) is 6. The van der Waals surface area contributed by atoms with Crippen molar-refractivity contribution in [3.8, 4) is 0 Å². The molecule has 2 bridgehead atoms. The Morgan fingerprint density at radius 3 is 2.61 bits per heavy atom. The second-order valence-electron chi connectivity index (χ2n) is 9.77. The van der Waals surface area contributed by atoms with Crippen LogP contribution in [-0.2, 0) is 21.4 Å². The van der Waals surface area contributed by atoms with Crippen LogP contribution in [0.15, 0.2) is 67.7 Å². The van der Waals surface area contributed by atoms with Crippen molar-refractivity contribution in [3.05, 3.63) is 73.1 Å². The standard InChI is InChI=1S/C25H24BrN3O4S3/c26-16-3-1-2-13(11-16)21-20-14-4-5-15(10-14)22(20)34-24-23(21)35-25(31)29(24)12-19(30)28-17-6-8-18(9-7-17)36(27,32)33/h1-3,6-9,11,14-15,20-22H,4-5,10,12H2,(H,28,30)(H2,27,32,33). The summed E-state index contributed by atoms with van der Waals surface area (Å²) in [4.78, 5) is 27.0. The van der Waals surface area contributed by atoms with Gasteiger partial charge in [0.15, 0.2) is 0 Å². The lowest BCUT2D eigenvalue weighted by Gasteiger charge is -2.40. The van der Waals surface area contributed by atoms with Crippen LogP contribution in [0.2, 0.25) is 0 Å². The average Bonchev–Trinajstić information content (AvgIpc) is 3.52. The fourth-order valence-corrected chi connectivity index (χ4v) is 10.3. The highest BCUT2D eigenvalue weighted by atomic mass is 79.9. The SMILES string of the molecule is NS(=O)(=O)c1ccc(NC(=O)Cn2c3c(sc2=O)C(c2cccc(Br)c2)C2C4CCC(C4)C2S3)cc1. The van der Waals surface area contributed by atoms with Gasteiger partial charge in [0.1, 0.15) is 6.54 Å². The molecule has 1 aromatic heterocycles. The van der Waals surface area contributed by atoms with Gasteiger partial charge in [-0.25, -0.2) is 13.6 Å². The van der Waals surface area contributed by atoms with Crippen LogP contribution in [0.4, 0.5) is 5.69 Å². The molecule has 3 aliphatic rings. The zero-order valence-electron chi connectivity index (χ0n) is 19.1. The molecule has 0 radical (unpaired) electrons. The molecule has 1 amide bonds. The zero-order chi connectivity index (χ0) is 25.2. The van der Waals surface area contributed by atoms with E-state index in [-0.39, 0.29) is 28.1 Å². The second kappa shape index (κ2) is 9.13. The zero-order valence-corrected chi connectivity index (χ0v) is 23.1. The Morgan fingerprint density at radius 2 is 1.89 bits per heavy atom. The summed E-state index contributed by atoms with van der Waals surface area (Å²) in [6.07, 6.45) is 3.75. The number of benzene rings is 2. The average molecular weight is 607 g/mol. The van der Waals surface area contributed by atoms with Gasteiger partial charge in [-0.2, -0.15) is 0 Å². The third-order valence-electron chi connectivity index (χ3n) is 7.67. The lowest BCUT2D eigenvalue weighted by Crippen LogP contribution is -2.34. The summed E-state index contributed by atoms with van der Waals surface area (Å²) in [5.74, 6) is 1.66. The monoisotopic (exact) mass is 605 g/mol. The smallest absolute Gasteiger partial charge is 0.308 e. The summed E-state index contributed by atoms with van der Waals surface area (Å²) in [7, 11) is -3.81. The number of thioether (sulfide) groups is 1. The molecule has 1 aliphatic heterocycles. The number of rotatable bonds is 5. The van der Waals surface area contributed by atoms with Crippen LogP contribution in [-0.4, -0.2) is 24.1 Å². The van der Waals surface area contributed by atoms with Gasteiger partial charge in [0.25, 0.3) is 0 Å². The minimum atomic E-state index is -3.81. The predicted molar refractivity (Wildman–Crippen MR) is 145 cm³/mol. The molecule has 2 aromatic carbocycles. The van der Waals surface area contributed by atoms with Crippen molar-refractivity contribution in [2.75, 3.05) is 5.32 Å². The van der Waals surface area contributed by atoms with E-state index in [4.69, 9.17) is 5.14 Å². The number of nitrogens with zero attached hydrogens (tertiary/aromatic N) is 1. The minimum absolute atomic E-state index is 0.0287. The lowest BCUT2D eigenvalue weighted by atomic mass is 9.75. The van der Waals surface area contributed by atoms with E-state index >= 15 is 0 Å². The van der Waals surface area contributed by atoms with Crippen molar-refractivity contribution in [2.24, 2.45) is 22.9 Å². The van der Waals surface area contributed by atoms with Crippen LogP contribution in [0, 0.1) is 17.8 Å². The number of sulfonamides is 1. The van der Waals surface area contributed by atoms with Gasteiger partial charge in [0, 0.05) is 26.2 Å². The molecular formula is C25H24BrN3O4S3. The number of nitrogens with one attached hydrogen (secondary N) is 1. The van der Waals surface area contributed by atoms with E-state index in [1.165, 1.54) is 60.4 Å². The molecule has 6 rings (SSSR count). The molecule has 0 saturated heterocycles. The van der Waals surface area contributed by atoms with Gasteiger partial charge in [-0.05, 0) is 79.0 Å². The van der Waals surface area contributed by atoms with E-state index in [0.29, 0.717) is 28.7 Å². The summed E-state index contributed by atoms with van der Waals surface area (Å²) in [5, 5.41) is 9.29. The predicted octanol–water partition coefficient (Wildman–Crippen LogP) is 4.61. The van der Waals surface area contributed by atoms with Gasteiger partial charge in [-0.3, -0.25) is 14.2 Å². The topological polar surface area (TPSA) is 111 Å². The van der Waals surface area contributed by atoms with Crippen molar-refractivity contribution in [3.63, 3.8) is 0 Å². The van der Waals surface area contributed by atoms with Crippen LogP contribution in [0.1, 0.15) is 35.6 Å². The largest absolute Gasteiger partial charge is 0.325 e. The van der Waals surface area contributed by atoms with Crippen molar-refractivity contribution < 1.29 is 13.2 Å². The number of thiazole rings is 1. The van der Waals surface area contributed by atoms with Crippen LogP contribution in [0.3, 0.4) is 0 Å². The first-order valence-corrected chi connectivity index (χ1v) is 15.8. The number of anilines is 1. The third-order valence-corrected chi connectivity index (χ3v) is 11.9. The van der Waals surface area contributed by atoms with E-state index < -0.39 is 10.0 Å². The summed E-state index contributed by atoms with van der Waals surface area (Å²) in [6.45, 7) is -0.0920. The number of fused-ring (bicyclic) bond motifs is 6. The first kappa shape index (κ1) is 24.4. The summed E-state index contributed by atoms with van der Waals surface area (Å²) >= 11 is 6.68. The summed E-state index contributed by atoms with van der Waals surface area (Å²) in [5.41, 5.74) is 1.67. The normalized spacial score (nSPS) is 26.4. The number of nitrogens with two attached hydrogens (primary N) is 1. The molecule has 188 valence electrons. The van der Waals surface area contributed by atoms with E-state index in [0.717, 1.165) is 14.4 Å². The van der Waals surface area contributed by atoms with Crippen molar-refractivity contribution in [1.29, 1.82) is 0 Å². The minimum Gasteiger partial charge on any atom is -0.325 e. The molecule has 36 heavy (non-hydrogen) atoms. The molecule has 0 spiro atoms. The summed E-state index contributed by atoms with van der Waals surface area (Å²) in [6, 6.07) is 14.1. The van der Waals surface area contributed by atoms with E-state index in [1.807, 2.05) is 6.07 Å². The fourth-order valence-electron chi connectivity index (χ4n) is 6.23. The number of carbonyl (C=O) groups is 1. The van der Waals surface area contributed by atoms with Gasteiger partial charge >= 0.3 is 4.87 Å². The Bertz CT molecular complexity index is 1520. The highest BCUT2D eigenvalue weighted by molar-refractivity contribution is 9.10. The van der Waals surface area contributed by atoms with E-state index in [2.05, 4.69) is 39.4 Å². The molecule has 7 nitrogen and oxygen atoms in total. The number of hydrogen-bond donors (Lipinski definition) is 2. The van der Waals surface area contributed by atoms with Gasteiger partial charge in [0.2, 0.25) is 15.9 Å². The molecule has 2 fully saturated rings.